The second-order valence-corrected chi connectivity index (χ2v) is 6.44. The minimum Gasteiger partial charge on any atom is -0.335 e. The van der Waals surface area contributed by atoms with Crippen LogP contribution < -0.4 is 5.73 Å². The Kier molecular flexibility index (Phi) is 4.34. The lowest BCUT2D eigenvalue weighted by Crippen LogP contribution is -2.26. The van der Waals surface area contributed by atoms with E-state index in [1.54, 1.807) is 28.7 Å². The highest BCUT2D eigenvalue weighted by molar-refractivity contribution is 7.10. The number of nitrogens with zero attached hydrogens (tertiary/aromatic N) is 2. The third kappa shape index (κ3) is 3.20. The number of hydrogen-bond acceptors (Lipinski definition) is 5. The van der Waals surface area contributed by atoms with Crippen LogP contribution in [0.25, 0.3) is 0 Å². The lowest BCUT2D eigenvalue weighted by atomic mass is 10.3. The molecule has 1 amide bonds. The monoisotopic (exact) mass is 295 g/mol. The van der Waals surface area contributed by atoms with Crippen LogP contribution in [0.3, 0.4) is 0 Å². The highest BCUT2D eigenvalue weighted by atomic mass is 32.1. The molecule has 0 aromatic carbocycles. The van der Waals surface area contributed by atoms with Crippen molar-refractivity contribution in [3.8, 4) is 0 Å². The van der Waals surface area contributed by atoms with Crippen LogP contribution >= 0.6 is 22.7 Å². The first kappa shape index (κ1) is 14.2. The largest absolute Gasteiger partial charge is 0.335 e. The van der Waals surface area contributed by atoms with Gasteiger partial charge in [0.25, 0.3) is 5.91 Å². The van der Waals surface area contributed by atoms with Gasteiger partial charge in [-0.1, -0.05) is 0 Å². The second kappa shape index (κ2) is 5.81. The van der Waals surface area contributed by atoms with Crippen molar-refractivity contribution >= 4 is 28.6 Å². The Morgan fingerprint density at radius 2 is 2.26 bits per heavy atom. The number of nitrogens with two attached hydrogens (primary N) is 1. The summed E-state index contributed by atoms with van der Waals surface area (Å²) in [6.07, 6.45) is 0. The quantitative estimate of drug-likeness (QED) is 0.943. The van der Waals surface area contributed by atoms with E-state index in [1.807, 2.05) is 12.3 Å². The molecule has 0 radical (unpaired) electrons. The summed E-state index contributed by atoms with van der Waals surface area (Å²) < 4.78 is 0. The first-order chi connectivity index (χ1) is 8.99. The van der Waals surface area contributed by atoms with Gasteiger partial charge in [0.05, 0.1) is 12.6 Å². The maximum atomic E-state index is 12.3. The van der Waals surface area contributed by atoms with Gasteiger partial charge in [-0.2, -0.15) is 0 Å². The summed E-state index contributed by atoms with van der Waals surface area (Å²) in [5.41, 5.74) is 7.46. The highest BCUT2D eigenvalue weighted by Crippen LogP contribution is 2.20. The molecular weight excluding hydrogens is 278 g/mol. The Balaban J connectivity index is 2.08. The zero-order chi connectivity index (χ0) is 14.0. The van der Waals surface area contributed by atoms with Crippen LogP contribution in [-0.2, 0) is 6.54 Å². The number of thiazole rings is 1. The van der Waals surface area contributed by atoms with E-state index < -0.39 is 0 Å². The summed E-state index contributed by atoms with van der Waals surface area (Å²) in [7, 11) is 1.80. The number of aromatic nitrogens is 1. The van der Waals surface area contributed by atoms with Crippen LogP contribution in [0.5, 0.6) is 0 Å². The maximum absolute atomic E-state index is 12.3. The van der Waals surface area contributed by atoms with Crippen LogP contribution in [0.4, 0.5) is 0 Å². The SMILES string of the molecule is Cc1ccsc1CN(C)C(=O)c1csc(C(C)N)n1. The highest BCUT2D eigenvalue weighted by Gasteiger charge is 2.17. The van der Waals surface area contributed by atoms with Gasteiger partial charge in [-0.3, -0.25) is 4.79 Å². The average molecular weight is 295 g/mol. The molecule has 2 heterocycles. The van der Waals surface area contributed by atoms with Crippen LogP contribution in [0.15, 0.2) is 16.8 Å². The molecule has 0 fully saturated rings. The number of carbonyl (C=O) groups is 1. The molecule has 19 heavy (non-hydrogen) atoms. The van der Waals surface area contributed by atoms with Crippen molar-refractivity contribution in [3.05, 3.63) is 38.0 Å². The maximum Gasteiger partial charge on any atom is 0.273 e. The Morgan fingerprint density at radius 1 is 1.53 bits per heavy atom. The van der Waals surface area contributed by atoms with E-state index in [-0.39, 0.29) is 11.9 Å². The van der Waals surface area contributed by atoms with Crippen molar-refractivity contribution in [1.29, 1.82) is 0 Å². The van der Waals surface area contributed by atoms with Crippen molar-refractivity contribution in [3.63, 3.8) is 0 Å². The second-order valence-electron chi connectivity index (χ2n) is 4.55. The molecule has 0 aliphatic rings. The third-order valence-corrected chi connectivity index (χ3v) is 4.88. The van der Waals surface area contributed by atoms with E-state index in [1.165, 1.54) is 21.8 Å². The minimum atomic E-state index is -0.128. The summed E-state index contributed by atoms with van der Waals surface area (Å²) >= 11 is 3.10. The van der Waals surface area contributed by atoms with Crippen molar-refractivity contribution in [1.82, 2.24) is 9.88 Å². The van der Waals surface area contributed by atoms with Gasteiger partial charge in [0.1, 0.15) is 10.7 Å². The molecule has 2 rings (SSSR count). The van der Waals surface area contributed by atoms with Gasteiger partial charge in [0, 0.05) is 17.3 Å². The summed E-state index contributed by atoms with van der Waals surface area (Å²) in [5, 5.41) is 4.61. The van der Waals surface area contributed by atoms with E-state index in [0.29, 0.717) is 12.2 Å². The number of hydrogen-bond donors (Lipinski definition) is 1. The molecule has 0 bridgehead atoms. The Morgan fingerprint density at radius 3 is 2.79 bits per heavy atom. The molecule has 1 unspecified atom stereocenters. The molecule has 102 valence electrons. The molecule has 2 aromatic heterocycles. The van der Waals surface area contributed by atoms with Crippen molar-refractivity contribution in [2.75, 3.05) is 7.05 Å². The lowest BCUT2D eigenvalue weighted by Gasteiger charge is -2.15. The van der Waals surface area contributed by atoms with E-state index >= 15 is 0 Å². The van der Waals surface area contributed by atoms with Crippen molar-refractivity contribution in [2.24, 2.45) is 5.73 Å². The normalized spacial score (nSPS) is 12.4. The van der Waals surface area contributed by atoms with Crippen molar-refractivity contribution < 1.29 is 4.79 Å². The zero-order valence-electron chi connectivity index (χ0n) is 11.2. The molecule has 1 atom stereocenters. The molecule has 2 aromatic rings. The summed E-state index contributed by atoms with van der Waals surface area (Å²) in [5.74, 6) is -0.0593. The topological polar surface area (TPSA) is 59.2 Å². The molecule has 0 saturated heterocycles. The number of carbonyl (C=O) groups excluding carboxylic acids is 1. The molecule has 0 spiro atoms. The molecule has 4 nitrogen and oxygen atoms in total. The van der Waals surface area contributed by atoms with Gasteiger partial charge in [-0.15, -0.1) is 22.7 Å². The van der Waals surface area contributed by atoms with Crippen LogP contribution in [0, 0.1) is 6.92 Å². The number of amides is 1. The van der Waals surface area contributed by atoms with Crippen LogP contribution in [0.1, 0.15) is 38.9 Å². The number of rotatable bonds is 4. The summed E-state index contributed by atoms with van der Waals surface area (Å²) in [6.45, 7) is 4.54. The minimum absolute atomic E-state index is 0.0593. The van der Waals surface area contributed by atoms with Gasteiger partial charge in [-0.05, 0) is 30.9 Å². The summed E-state index contributed by atoms with van der Waals surface area (Å²) in [6, 6.07) is 1.94. The van der Waals surface area contributed by atoms with Gasteiger partial charge >= 0.3 is 0 Å². The number of thiophene rings is 1. The Labute approximate surface area is 120 Å². The van der Waals surface area contributed by atoms with E-state index in [2.05, 4.69) is 18.0 Å². The average Bonchev–Trinajstić information content (AvgIpc) is 2.98. The molecule has 0 aliphatic heterocycles. The first-order valence-corrected chi connectivity index (χ1v) is 7.74. The fourth-order valence-corrected chi connectivity index (χ4v) is 3.35. The standard InChI is InChI=1S/C13H17N3OS2/c1-8-4-5-18-11(8)6-16(3)13(17)10-7-19-12(15-10)9(2)14/h4-5,7,9H,6,14H2,1-3H3. The van der Waals surface area contributed by atoms with Crippen LogP contribution in [-0.4, -0.2) is 22.8 Å². The Hall–Kier alpha value is -1.24. The smallest absolute Gasteiger partial charge is 0.273 e. The first-order valence-electron chi connectivity index (χ1n) is 5.98. The van der Waals surface area contributed by atoms with E-state index in [9.17, 15) is 4.79 Å². The predicted molar refractivity (Wildman–Crippen MR) is 79.6 cm³/mol. The van der Waals surface area contributed by atoms with E-state index in [0.717, 1.165) is 5.01 Å². The van der Waals surface area contributed by atoms with Gasteiger partial charge in [0.15, 0.2) is 0 Å². The zero-order valence-corrected chi connectivity index (χ0v) is 12.8. The molecule has 0 aliphatic carbocycles. The Bertz CT molecular complexity index is 574. The lowest BCUT2D eigenvalue weighted by molar-refractivity contribution is 0.0781. The molecular formula is C13H17N3OS2. The molecule has 0 saturated carbocycles. The van der Waals surface area contributed by atoms with Crippen LogP contribution in [0.2, 0.25) is 0 Å². The van der Waals surface area contributed by atoms with Gasteiger partial charge < -0.3 is 10.6 Å². The summed E-state index contributed by atoms with van der Waals surface area (Å²) in [4.78, 5) is 19.4. The van der Waals surface area contributed by atoms with Gasteiger partial charge in [-0.25, -0.2) is 4.98 Å². The molecule has 6 heteroatoms. The number of aryl methyl sites for hydroxylation is 1. The fraction of sp³-hybridized carbons (Fsp3) is 0.385. The third-order valence-electron chi connectivity index (χ3n) is 2.83. The predicted octanol–water partition coefficient (Wildman–Crippen LogP) is 2.80. The molecule has 2 N–H and O–H groups in total. The fourth-order valence-electron chi connectivity index (χ4n) is 1.64. The van der Waals surface area contributed by atoms with E-state index in [4.69, 9.17) is 5.73 Å². The van der Waals surface area contributed by atoms with Gasteiger partial charge in [0.2, 0.25) is 0 Å². The van der Waals surface area contributed by atoms with Crippen molar-refractivity contribution in [2.45, 2.75) is 26.4 Å².